The number of cyclic esters (lactones) is 1. The summed E-state index contributed by atoms with van der Waals surface area (Å²) in [6.07, 6.45) is 4.75. The molecule has 84 valence electrons. The Morgan fingerprint density at radius 3 is 2.75 bits per heavy atom. The SMILES string of the molecule is Cc1ccccc1/C=C/[C@]1(C)CCOC1=O. The number of rotatable bonds is 2. The predicted molar refractivity (Wildman–Crippen MR) is 63.9 cm³/mol. The van der Waals surface area contributed by atoms with E-state index in [1.165, 1.54) is 5.56 Å². The number of hydrogen-bond donors (Lipinski definition) is 0. The Kier molecular flexibility index (Phi) is 2.82. The van der Waals surface area contributed by atoms with E-state index in [9.17, 15) is 4.79 Å². The molecule has 0 saturated carbocycles. The highest BCUT2D eigenvalue weighted by Gasteiger charge is 2.37. The fourth-order valence-corrected chi connectivity index (χ4v) is 1.82. The van der Waals surface area contributed by atoms with Crippen LogP contribution in [0.15, 0.2) is 30.3 Å². The van der Waals surface area contributed by atoms with E-state index in [1.54, 1.807) is 0 Å². The topological polar surface area (TPSA) is 26.3 Å². The zero-order chi connectivity index (χ0) is 11.6. The van der Waals surface area contributed by atoms with E-state index in [-0.39, 0.29) is 5.97 Å². The van der Waals surface area contributed by atoms with Crippen molar-refractivity contribution in [3.8, 4) is 0 Å². The third-order valence-corrected chi connectivity index (χ3v) is 3.14. The summed E-state index contributed by atoms with van der Waals surface area (Å²) in [6, 6.07) is 8.13. The van der Waals surface area contributed by atoms with E-state index >= 15 is 0 Å². The number of aryl methyl sites for hydroxylation is 1. The van der Waals surface area contributed by atoms with E-state index in [1.807, 2.05) is 31.2 Å². The first-order valence-electron chi connectivity index (χ1n) is 5.54. The molecule has 1 atom stereocenters. The van der Waals surface area contributed by atoms with Crippen LogP contribution in [0.25, 0.3) is 6.08 Å². The highest BCUT2D eigenvalue weighted by Crippen LogP contribution is 2.31. The molecule has 0 aromatic heterocycles. The lowest BCUT2D eigenvalue weighted by Gasteiger charge is -2.12. The minimum Gasteiger partial charge on any atom is -0.465 e. The van der Waals surface area contributed by atoms with E-state index < -0.39 is 5.41 Å². The second-order valence-corrected chi connectivity index (χ2v) is 4.49. The largest absolute Gasteiger partial charge is 0.465 e. The van der Waals surface area contributed by atoms with E-state index in [0.29, 0.717) is 6.61 Å². The second-order valence-electron chi connectivity index (χ2n) is 4.49. The molecule has 16 heavy (non-hydrogen) atoms. The van der Waals surface area contributed by atoms with Crippen molar-refractivity contribution < 1.29 is 9.53 Å². The highest BCUT2D eigenvalue weighted by atomic mass is 16.5. The predicted octanol–water partition coefficient (Wildman–Crippen LogP) is 2.96. The van der Waals surface area contributed by atoms with Gasteiger partial charge in [0.2, 0.25) is 0 Å². The van der Waals surface area contributed by atoms with Crippen LogP contribution in [0.4, 0.5) is 0 Å². The first kappa shape index (κ1) is 10.9. The number of carbonyl (C=O) groups excluding carboxylic acids is 1. The second kappa shape index (κ2) is 4.12. The third-order valence-electron chi connectivity index (χ3n) is 3.14. The standard InChI is InChI=1S/C14H16O2/c1-11-5-3-4-6-12(11)7-8-14(2)9-10-16-13(14)15/h3-8H,9-10H2,1-2H3/b8-7+/t14-/m1/s1. The van der Waals surface area contributed by atoms with Crippen LogP contribution in [0.2, 0.25) is 0 Å². The van der Waals surface area contributed by atoms with Gasteiger partial charge in [-0.25, -0.2) is 0 Å². The molecule has 0 bridgehead atoms. The Hall–Kier alpha value is -1.57. The summed E-state index contributed by atoms with van der Waals surface area (Å²) in [7, 11) is 0. The molecule has 1 aliphatic rings. The van der Waals surface area contributed by atoms with Crippen molar-refractivity contribution >= 4 is 12.0 Å². The Balaban J connectivity index is 2.21. The Morgan fingerprint density at radius 1 is 1.38 bits per heavy atom. The highest BCUT2D eigenvalue weighted by molar-refractivity contribution is 5.81. The maximum Gasteiger partial charge on any atom is 0.315 e. The first-order valence-corrected chi connectivity index (χ1v) is 5.54. The van der Waals surface area contributed by atoms with Crippen LogP contribution in [0, 0.1) is 12.3 Å². The lowest BCUT2D eigenvalue weighted by Crippen LogP contribution is -2.18. The number of hydrogen-bond acceptors (Lipinski definition) is 2. The van der Waals surface area contributed by atoms with E-state index in [2.05, 4.69) is 19.1 Å². The molecule has 0 spiro atoms. The quantitative estimate of drug-likeness (QED) is 0.710. The number of carbonyl (C=O) groups is 1. The van der Waals surface area contributed by atoms with Crippen LogP contribution < -0.4 is 0 Å². The minimum absolute atomic E-state index is 0.114. The van der Waals surface area contributed by atoms with Gasteiger partial charge in [0.1, 0.15) is 0 Å². The Bertz CT molecular complexity index is 434. The minimum atomic E-state index is -0.442. The third kappa shape index (κ3) is 2.01. The molecule has 1 heterocycles. The fourth-order valence-electron chi connectivity index (χ4n) is 1.82. The number of ether oxygens (including phenoxy) is 1. The lowest BCUT2D eigenvalue weighted by atomic mass is 9.88. The smallest absolute Gasteiger partial charge is 0.315 e. The molecule has 0 unspecified atom stereocenters. The molecule has 2 heteroatoms. The van der Waals surface area contributed by atoms with Crippen molar-refractivity contribution in [3.63, 3.8) is 0 Å². The Morgan fingerprint density at radius 2 is 2.12 bits per heavy atom. The van der Waals surface area contributed by atoms with Gasteiger partial charge in [0, 0.05) is 6.42 Å². The molecular weight excluding hydrogens is 200 g/mol. The molecule has 0 aliphatic carbocycles. The average Bonchev–Trinajstić information content (AvgIpc) is 2.59. The van der Waals surface area contributed by atoms with Gasteiger partial charge in [-0.05, 0) is 25.0 Å². The van der Waals surface area contributed by atoms with Crippen LogP contribution in [0.5, 0.6) is 0 Å². The zero-order valence-corrected chi connectivity index (χ0v) is 9.69. The number of esters is 1. The molecule has 1 fully saturated rings. The van der Waals surface area contributed by atoms with Gasteiger partial charge in [-0.2, -0.15) is 0 Å². The molecule has 0 amide bonds. The summed E-state index contributed by atoms with van der Waals surface area (Å²) in [5.74, 6) is -0.114. The van der Waals surface area contributed by atoms with Crippen LogP contribution >= 0.6 is 0 Å². The summed E-state index contributed by atoms with van der Waals surface area (Å²) < 4.78 is 5.00. The summed E-state index contributed by atoms with van der Waals surface area (Å²) >= 11 is 0. The molecular formula is C14H16O2. The molecule has 0 N–H and O–H groups in total. The summed E-state index contributed by atoms with van der Waals surface area (Å²) in [5, 5.41) is 0. The summed E-state index contributed by atoms with van der Waals surface area (Å²) in [6.45, 7) is 4.53. The molecule has 1 aromatic carbocycles. The normalized spacial score (nSPS) is 25.0. The van der Waals surface area contributed by atoms with Gasteiger partial charge < -0.3 is 4.74 Å². The van der Waals surface area contributed by atoms with Gasteiger partial charge in [-0.15, -0.1) is 0 Å². The molecule has 1 saturated heterocycles. The van der Waals surface area contributed by atoms with Crippen molar-refractivity contribution in [3.05, 3.63) is 41.5 Å². The van der Waals surface area contributed by atoms with Gasteiger partial charge in [0.15, 0.2) is 0 Å². The van der Waals surface area contributed by atoms with Gasteiger partial charge in [0.05, 0.1) is 12.0 Å². The van der Waals surface area contributed by atoms with E-state index in [0.717, 1.165) is 12.0 Å². The fraction of sp³-hybridized carbons (Fsp3) is 0.357. The number of benzene rings is 1. The van der Waals surface area contributed by atoms with Crippen LogP contribution in [0.1, 0.15) is 24.5 Å². The average molecular weight is 216 g/mol. The van der Waals surface area contributed by atoms with Crippen LogP contribution in [-0.2, 0) is 9.53 Å². The summed E-state index contributed by atoms with van der Waals surface area (Å²) in [5.41, 5.74) is 1.93. The van der Waals surface area contributed by atoms with Gasteiger partial charge in [-0.3, -0.25) is 4.79 Å². The zero-order valence-electron chi connectivity index (χ0n) is 9.69. The Labute approximate surface area is 95.9 Å². The lowest BCUT2D eigenvalue weighted by molar-refractivity contribution is -0.143. The first-order chi connectivity index (χ1) is 7.62. The van der Waals surface area contributed by atoms with Gasteiger partial charge in [0.25, 0.3) is 0 Å². The monoisotopic (exact) mass is 216 g/mol. The maximum absolute atomic E-state index is 11.5. The van der Waals surface area contributed by atoms with Crippen LogP contribution in [0.3, 0.4) is 0 Å². The van der Waals surface area contributed by atoms with Crippen molar-refractivity contribution in [2.75, 3.05) is 6.61 Å². The van der Waals surface area contributed by atoms with Gasteiger partial charge in [-0.1, -0.05) is 36.4 Å². The molecule has 1 aromatic rings. The van der Waals surface area contributed by atoms with Crippen molar-refractivity contribution in [2.45, 2.75) is 20.3 Å². The van der Waals surface area contributed by atoms with Gasteiger partial charge >= 0.3 is 5.97 Å². The van der Waals surface area contributed by atoms with E-state index in [4.69, 9.17) is 4.74 Å². The molecule has 0 radical (unpaired) electrons. The van der Waals surface area contributed by atoms with Crippen LogP contribution in [-0.4, -0.2) is 12.6 Å². The maximum atomic E-state index is 11.5. The van der Waals surface area contributed by atoms with Crippen molar-refractivity contribution in [2.24, 2.45) is 5.41 Å². The molecule has 1 aliphatic heterocycles. The molecule has 2 rings (SSSR count). The van der Waals surface area contributed by atoms with Crippen molar-refractivity contribution in [1.29, 1.82) is 0 Å². The molecule has 2 nitrogen and oxygen atoms in total. The summed E-state index contributed by atoms with van der Waals surface area (Å²) in [4.78, 5) is 11.5. The van der Waals surface area contributed by atoms with Crippen molar-refractivity contribution in [1.82, 2.24) is 0 Å².